The van der Waals surface area contributed by atoms with Crippen LogP contribution in [0.5, 0.6) is 0 Å². The van der Waals surface area contributed by atoms with Crippen LogP contribution in [-0.2, 0) is 20.1 Å². The zero-order valence-electron chi connectivity index (χ0n) is 21.7. The van der Waals surface area contributed by atoms with Crippen molar-refractivity contribution >= 4 is 10.8 Å². The molecule has 35 heavy (non-hydrogen) atoms. The molecule has 4 atom stereocenters. The van der Waals surface area contributed by atoms with E-state index in [-0.39, 0.29) is 49.1 Å². The fourth-order valence-electron chi connectivity index (χ4n) is 6.02. The van der Waals surface area contributed by atoms with Crippen LogP contribution < -0.4 is 0 Å². The van der Waals surface area contributed by atoms with E-state index in [4.69, 9.17) is 0 Å². The van der Waals surface area contributed by atoms with Crippen LogP contribution >= 0.6 is 0 Å². The standard InChI is InChI=1S/C16H12N.C15H28O2.Ir/c1-12-11-17-16(13-7-3-2-4-8-13)15-10-6-5-9-14(12)15;1-14(2)8-5-6-10-7-9-15(3,4)13(17)11(10)12(14)16;/h2-7,9-11H,1H3;10-13,16-17H,5-9H2,1-4H3;/q-1;;. The summed E-state index contributed by atoms with van der Waals surface area (Å²) in [7, 11) is 0. The zero-order chi connectivity index (χ0) is 24.5. The molecule has 1 heterocycles. The molecule has 3 aromatic rings. The average Bonchev–Trinajstić information content (AvgIpc) is 2.94. The van der Waals surface area contributed by atoms with E-state index in [0.29, 0.717) is 5.92 Å². The smallest absolute Gasteiger partial charge is 0.0646 e. The predicted octanol–water partition coefficient (Wildman–Crippen LogP) is 6.98. The van der Waals surface area contributed by atoms with Gasteiger partial charge >= 0.3 is 0 Å². The molecule has 1 radical (unpaired) electrons. The molecule has 4 unspecified atom stereocenters. The fourth-order valence-corrected chi connectivity index (χ4v) is 6.02. The second kappa shape index (κ2) is 11.2. The van der Waals surface area contributed by atoms with Crippen molar-refractivity contribution in [2.45, 2.75) is 78.9 Å². The Kier molecular flexibility index (Phi) is 8.97. The van der Waals surface area contributed by atoms with Gasteiger partial charge in [0.1, 0.15) is 0 Å². The van der Waals surface area contributed by atoms with Gasteiger partial charge in [-0.15, -0.1) is 35.9 Å². The van der Waals surface area contributed by atoms with Gasteiger partial charge in [0.05, 0.1) is 12.2 Å². The van der Waals surface area contributed by atoms with Gasteiger partial charge in [-0.3, -0.25) is 0 Å². The first kappa shape index (κ1) is 28.0. The summed E-state index contributed by atoms with van der Waals surface area (Å²) in [5, 5.41) is 23.7. The summed E-state index contributed by atoms with van der Waals surface area (Å²) in [5.41, 5.74) is 3.17. The summed E-state index contributed by atoms with van der Waals surface area (Å²) in [6, 6.07) is 19.6. The normalized spacial score (nSPS) is 26.9. The van der Waals surface area contributed by atoms with E-state index in [2.05, 4.69) is 69.9 Å². The van der Waals surface area contributed by atoms with E-state index in [9.17, 15) is 10.2 Å². The average molecular weight is 651 g/mol. The maximum atomic E-state index is 10.7. The molecule has 0 aliphatic heterocycles. The van der Waals surface area contributed by atoms with Gasteiger partial charge in [-0.2, -0.15) is 0 Å². The summed E-state index contributed by atoms with van der Waals surface area (Å²) < 4.78 is 0. The molecule has 5 rings (SSSR count). The van der Waals surface area contributed by atoms with Crippen LogP contribution in [0.2, 0.25) is 0 Å². The van der Waals surface area contributed by atoms with Gasteiger partial charge in [-0.05, 0) is 71.4 Å². The summed E-state index contributed by atoms with van der Waals surface area (Å²) in [6.07, 6.45) is 6.92. The molecule has 3 nitrogen and oxygen atoms in total. The zero-order valence-corrected chi connectivity index (χ0v) is 24.1. The molecule has 0 amide bonds. The van der Waals surface area contributed by atoms with Crippen LogP contribution in [0.1, 0.15) is 65.4 Å². The van der Waals surface area contributed by atoms with Crippen LogP contribution in [0.4, 0.5) is 0 Å². The first-order chi connectivity index (χ1) is 16.1. The monoisotopic (exact) mass is 651 g/mol. The maximum absolute atomic E-state index is 10.7. The Morgan fingerprint density at radius 3 is 2.14 bits per heavy atom. The predicted molar refractivity (Wildman–Crippen MR) is 140 cm³/mol. The van der Waals surface area contributed by atoms with E-state index >= 15 is 0 Å². The minimum absolute atomic E-state index is 0. The molecule has 191 valence electrons. The number of aliphatic hydroxyl groups is 2. The number of aromatic nitrogens is 1. The molecule has 2 aliphatic carbocycles. The molecule has 2 N–H and O–H groups in total. The van der Waals surface area contributed by atoms with Gasteiger partial charge in [0.25, 0.3) is 0 Å². The second-order valence-electron chi connectivity index (χ2n) is 11.7. The topological polar surface area (TPSA) is 53.4 Å². The molecule has 0 spiro atoms. The maximum Gasteiger partial charge on any atom is 0.0646 e. The summed E-state index contributed by atoms with van der Waals surface area (Å²) in [4.78, 5) is 4.55. The van der Waals surface area contributed by atoms with Gasteiger partial charge in [0.2, 0.25) is 0 Å². The number of aliphatic hydroxyl groups excluding tert-OH is 2. The Balaban J connectivity index is 0.000000190. The Hall–Kier alpha value is -1.58. The van der Waals surface area contributed by atoms with Crippen LogP contribution in [0, 0.1) is 35.7 Å². The fraction of sp³-hybridized carbons (Fsp3) is 0.516. The minimum Gasteiger partial charge on any atom is -0.392 e. The van der Waals surface area contributed by atoms with Crippen molar-refractivity contribution in [3.63, 3.8) is 0 Å². The van der Waals surface area contributed by atoms with E-state index in [0.717, 1.165) is 24.1 Å². The number of benzene rings is 2. The SMILES string of the molecule is CC1(C)CCCC2CCC(C)(C)C(O)C2C1O.Cc1cnc(-c2[c-]cccc2)c2ccccc12.[Ir]. The van der Waals surface area contributed by atoms with Crippen molar-refractivity contribution in [2.75, 3.05) is 0 Å². The van der Waals surface area contributed by atoms with Crippen molar-refractivity contribution in [1.29, 1.82) is 0 Å². The molecule has 1 aromatic heterocycles. The van der Waals surface area contributed by atoms with E-state index < -0.39 is 0 Å². The molecule has 2 saturated carbocycles. The summed E-state index contributed by atoms with van der Waals surface area (Å²) in [5.74, 6) is 0.603. The molecule has 0 bridgehead atoms. The number of hydrogen-bond acceptors (Lipinski definition) is 3. The molecule has 2 aliphatic rings. The molecule has 2 fully saturated rings. The number of nitrogens with zero attached hydrogens (tertiary/aromatic N) is 1. The van der Waals surface area contributed by atoms with E-state index in [1.807, 2.05) is 30.5 Å². The number of hydrogen-bond donors (Lipinski definition) is 2. The first-order valence-electron chi connectivity index (χ1n) is 12.8. The molecule has 4 heteroatoms. The third kappa shape index (κ3) is 5.88. The Morgan fingerprint density at radius 1 is 0.857 bits per heavy atom. The summed E-state index contributed by atoms with van der Waals surface area (Å²) in [6.45, 7) is 10.7. The van der Waals surface area contributed by atoms with Gasteiger partial charge < -0.3 is 15.2 Å². The van der Waals surface area contributed by atoms with Crippen LogP contribution in [0.25, 0.3) is 22.0 Å². The number of aryl methyl sites for hydroxylation is 1. The largest absolute Gasteiger partial charge is 0.392 e. The van der Waals surface area contributed by atoms with Crippen molar-refractivity contribution < 1.29 is 30.3 Å². The van der Waals surface area contributed by atoms with Crippen LogP contribution in [0.15, 0.2) is 54.7 Å². The van der Waals surface area contributed by atoms with Crippen molar-refractivity contribution in [2.24, 2.45) is 22.7 Å². The quantitative estimate of drug-likeness (QED) is 0.280. The first-order valence-corrected chi connectivity index (χ1v) is 12.8. The number of rotatable bonds is 1. The molecular formula is C31H40IrNO2-. The van der Waals surface area contributed by atoms with Crippen molar-refractivity contribution in [3.8, 4) is 11.3 Å². The van der Waals surface area contributed by atoms with Crippen molar-refractivity contribution in [1.82, 2.24) is 4.98 Å². The summed E-state index contributed by atoms with van der Waals surface area (Å²) >= 11 is 0. The van der Waals surface area contributed by atoms with Gasteiger partial charge in [-0.25, -0.2) is 0 Å². The second-order valence-corrected chi connectivity index (χ2v) is 11.7. The van der Waals surface area contributed by atoms with E-state index in [1.165, 1.54) is 35.6 Å². The number of fused-ring (bicyclic) bond motifs is 2. The molecular weight excluding hydrogens is 611 g/mol. The minimum atomic E-state index is -0.357. The van der Waals surface area contributed by atoms with Crippen LogP contribution in [0.3, 0.4) is 0 Å². The van der Waals surface area contributed by atoms with Crippen molar-refractivity contribution in [3.05, 3.63) is 66.4 Å². The Morgan fingerprint density at radius 2 is 1.49 bits per heavy atom. The van der Waals surface area contributed by atoms with Gasteiger partial charge in [0.15, 0.2) is 0 Å². The Labute approximate surface area is 224 Å². The molecule has 0 saturated heterocycles. The molecule has 2 aromatic carbocycles. The third-order valence-corrected chi connectivity index (χ3v) is 8.39. The van der Waals surface area contributed by atoms with Crippen LogP contribution in [-0.4, -0.2) is 27.4 Å². The van der Waals surface area contributed by atoms with Gasteiger partial charge in [-0.1, -0.05) is 58.4 Å². The third-order valence-electron chi connectivity index (χ3n) is 8.39. The van der Waals surface area contributed by atoms with E-state index in [1.54, 1.807) is 0 Å². The van der Waals surface area contributed by atoms with Gasteiger partial charge in [0, 0.05) is 32.2 Å². The Bertz CT molecular complexity index is 1110. The number of pyridine rings is 1.